The number of methoxy groups -OCH3 is 1. The molecule has 1 heterocycles. The highest BCUT2D eigenvalue weighted by molar-refractivity contribution is 6.88. The lowest BCUT2D eigenvalue weighted by Crippen LogP contribution is -2.74. The zero-order valence-corrected chi connectivity index (χ0v) is 32.0. The summed E-state index contributed by atoms with van der Waals surface area (Å²) in [6, 6.07) is 0.412. The fourth-order valence-electron chi connectivity index (χ4n) is 5.56. The van der Waals surface area contributed by atoms with Crippen molar-refractivity contribution in [2.45, 2.75) is 145 Å². The van der Waals surface area contributed by atoms with Gasteiger partial charge in [-0.3, -0.25) is 0 Å². The molecule has 0 N–H and O–H groups in total. The summed E-state index contributed by atoms with van der Waals surface area (Å²) in [5.41, 5.74) is -0.827. The summed E-state index contributed by atoms with van der Waals surface area (Å²) < 4.78 is 249. The van der Waals surface area contributed by atoms with Gasteiger partial charge < -0.3 is 9.16 Å². The summed E-state index contributed by atoms with van der Waals surface area (Å²) in [5.74, 6) is -56.9. The van der Waals surface area contributed by atoms with Crippen molar-refractivity contribution in [2.24, 2.45) is 5.92 Å². The number of nitrogens with zero attached hydrogens (tertiary/aromatic N) is 1. The largest absolute Gasteiger partial charge is 0.481 e. The van der Waals surface area contributed by atoms with Crippen LogP contribution in [0.15, 0.2) is 6.07 Å². The number of pyridine rings is 1. The molecular formula is C30H42F17NO2Si2. The van der Waals surface area contributed by atoms with E-state index in [1.165, 1.54) is 34.8 Å². The quantitative estimate of drug-likeness (QED) is 0.116. The van der Waals surface area contributed by atoms with E-state index in [1.807, 2.05) is 19.6 Å². The Morgan fingerprint density at radius 1 is 0.635 bits per heavy atom. The van der Waals surface area contributed by atoms with Crippen molar-refractivity contribution in [2.75, 3.05) is 7.11 Å². The Morgan fingerprint density at radius 2 is 1.02 bits per heavy atom. The lowest BCUT2D eigenvalue weighted by Gasteiger charge is -2.45. The van der Waals surface area contributed by atoms with Crippen molar-refractivity contribution in [1.29, 1.82) is 0 Å². The first-order valence-corrected chi connectivity index (χ1v) is 21.4. The molecule has 1 atom stereocenters. The molecule has 1 rings (SSSR count). The van der Waals surface area contributed by atoms with Crippen LogP contribution in [0.25, 0.3) is 0 Å². The monoisotopic (exact) mass is 827 g/mol. The smallest absolute Gasteiger partial charge is 0.460 e. The summed E-state index contributed by atoms with van der Waals surface area (Å²) in [6.45, 7) is 16.3. The molecule has 0 aliphatic rings. The second-order valence-electron chi connectivity index (χ2n) is 14.7. The first-order chi connectivity index (χ1) is 22.7. The van der Waals surface area contributed by atoms with Crippen LogP contribution in [-0.2, 0) is 4.43 Å². The van der Waals surface area contributed by atoms with E-state index in [9.17, 15) is 65.9 Å². The minimum atomic E-state index is -8.66. The first kappa shape index (κ1) is 48.2. The average Bonchev–Trinajstić information content (AvgIpc) is 2.95. The van der Waals surface area contributed by atoms with Gasteiger partial charge in [0, 0.05) is 17.3 Å². The van der Waals surface area contributed by atoms with Crippen molar-refractivity contribution >= 4 is 21.7 Å². The maximum atomic E-state index is 15.2. The molecule has 0 radical (unpaired) electrons. The molecule has 0 aromatic carbocycles. The van der Waals surface area contributed by atoms with E-state index >= 15 is 8.78 Å². The molecule has 306 valence electrons. The minimum absolute atomic E-state index is 0.162. The highest BCUT2D eigenvalue weighted by Gasteiger charge is 2.95. The minimum Gasteiger partial charge on any atom is -0.481 e. The Hall–Kier alpha value is -1.85. The number of ether oxygens (including phenoxy) is 1. The maximum Gasteiger partial charge on any atom is 0.460 e. The van der Waals surface area contributed by atoms with Crippen LogP contribution < -0.4 is 10.1 Å². The molecule has 1 aromatic rings. The zero-order chi connectivity index (χ0) is 41.9. The molecule has 0 spiro atoms. The Kier molecular flexibility index (Phi) is 13.6. The van der Waals surface area contributed by atoms with E-state index in [1.54, 1.807) is 26.8 Å². The number of halogens is 17. The standard InChI is InChI=1S/C30H42F17NO2Si2/c1-15(2)21(19-14-20(51(9,10)11)48-22(49-8)18(19)7)50-52(16(3)4,17(5)6)13-12-23(31,32)24(33,34)25(35,36)26(37,38)27(39,40)28(41,42)29(43,44)30(45,46)47/h14-17,21H,12-13H2,1-11H3. The van der Waals surface area contributed by atoms with Crippen LogP contribution in [-0.4, -0.2) is 76.1 Å². The molecule has 0 saturated heterocycles. The van der Waals surface area contributed by atoms with Gasteiger partial charge in [-0.25, -0.2) is 4.98 Å². The van der Waals surface area contributed by atoms with Crippen molar-refractivity contribution < 1.29 is 83.8 Å². The summed E-state index contributed by atoms with van der Waals surface area (Å²) in [7, 11) is -4.95. The summed E-state index contributed by atoms with van der Waals surface area (Å²) in [6.07, 6.45) is -11.4. The van der Waals surface area contributed by atoms with E-state index < -0.39 is 99.6 Å². The second-order valence-corrected chi connectivity index (χ2v) is 24.6. The van der Waals surface area contributed by atoms with Gasteiger partial charge in [-0.1, -0.05) is 61.2 Å². The number of rotatable bonds is 17. The summed E-state index contributed by atoms with van der Waals surface area (Å²) in [4.78, 5) is 4.51. The average molecular weight is 828 g/mol. The summed E-state index contributed by atoms with van der Waals surface area (Å²) in [5, 5.41) is 0.602. The molecule has 1 aromatic heterocycles. The Labute approximate surface area is 292 Å². The van der Waals surface area contributed by atoms with E-state index in [-0.39, 0.29) is 5.88 Å². The first-order valence-electron chi connectivity index (χ1n) is 15.7. The SMILES string of the molecule is COc1nc([Si](C)(C)C)cc(C(O[Si](CCC(F)(F)C(F)(F)C(F)(F)C(F)(F)C(F)(F)C(F)(F)C(F)(F)C(F)(F)F)(C(C)C)C(C)C)C(C)C)c1C. The van der Waals surface area contributed by atoms with Gasteiger partial charge in [0.2, 0.25) is 5.88 Å². The molecule has 0 bridgehead atoms. The van der Waals surface area contributed by atoms with E-state index in [4.69, 9.17) is 9.16 Å². The highest BCUT2D eigenvalue weighted by atomic mass is 28.4. The van der Waals surface area contributed by atoms with E-state index in [0.29, 0.717) is 16.4 Å². The normalized spacial score (nSPS) is 16.0. The molecule has 1 unspecified atom stereocenters. The molecule has 52 heavy (non-hydrogen) atoms. The maximum absolute atomic E-state index is 15.2. The molecule has 0 saturated carbocycles. The molecule has 0 fully saturated rings. The van der Waals surface area contributed by atoms with Gasteiger partial charge in [0.1, 0.15) is 8.07 Å². The third-order valence-electron chi connectivity index (χ3n) is 9.06. The van der Waals surface area contributed by atoms with Gasteiger partial charge in [-0.2, -0.15) is 74.6 Å². The number of alkyl halides is 17. The number of hydrogen-bond acceptors (Lipinski definition) is 3. The summed E-state index contributed by atoms with van der Waals surface area (Å²) >= 11 is 0. The van der Waals surface area contributed by atoms with Crippen LogP contribution in [0.4, 0.5) is 74.6 Å². The predicted molar refractivity (Wildman–Crippen MR) is 163 cm³/mol. The zero-order valence-electron chi connectivity index (χ0n) is 30.0. The van der Waals surface area contributed by atoms with Crippen LogP contribution >= 0.6 is 0 Å². The predicted octanol–water partition coefficient (Wildman–Crippen LogP) is 11.8. The van der Waals surface area contributed by atoms with E-state index in [2.05, 4.69) is 4.98 Å². The molecule has 22 heteroatoms. The molecule has 0 amide bonds. The van der Waals surface area contributed by atoms with Gasteiger partial charge in [0.15, 0.2) is 8.32 Å². The van der Waals surface area contributed by atoms with Gasteiger partial charge >= 0.3 is 47.6 Å². The lowest BCUT2D eigenvalue weighted by molar-refractivity contribution is -0.461. The van der Waals surface area contributed by atoms with E-state index in [0.717, 1.165) is 0 Å². The number of hydrogen-bond donors (Lipinski definition) is 0. The van der Waals surface area contributed by atoms with Gasteiger partial charge in [0.05, 0.1) is 13.2 Å². The highest BCUT2D eigenvalue weighted by Crippen LogP contribution is 2.64. The molecule has 0 aliphatic heterocycles. The fourth-order valence-corrected chi connectivity index (χ4v) is 11.3. The topological polar surface area (TPSA) is 31.4 Å². The Bertz CT molecular complexity index is 1380. The van der Waals surface area contributed by atoms with Crippen LogP contribution in [0.2, 0.25) is 36.8 Å². The van der Waals surface area contributed by atoms with Crippen LogP contribution in [0, 0.1) is 12.8 Å². The Balaban J connectivity index is 3.84. The second kappa shape index (κ2) is 14.7. The third-order valence-corrected chi connectivity index (χ3v) is 16.5. The molecule has 0 aliphatic carbocycles. The Morgan fingerprint density at radius 3 is 1.35 bits per heavy atom. The molecular weight excluding hydrogens is 785 g/mol. The lowest BCUT2D eigenvalue weighted by atomic mass is 9.88. The van der Waals surface area contributed by atoms with Crippen molar-refractivity contribution in [1.82, 2.24) is 4.98 Å². The van der Waals surface area contributed by atoms with Crippen LogP contribution in [0.1, 0.15) is 65.2 Å². The third kappa shape index (κ3) is 7.80. The fraction of sp³-hybridized carbons (Fsp3) is 0.833. The van der Waals surface area contributed by atoms with Gasteiger partial charge in [-0.15, -0.1) is 0 Å². The van der Waals surface area contributed by atoms with Crippen molar-refractivity contribution in [3.05, 3.63) is 17.2 Å². The number of aromatic nitrogens is 1. The van der Waals surface area contributed by atoms with Crippen molar-refractivity contribution in [3.8, 4) is 5.88 Å². The van der Waals surface area contributed by atoms with Gasteiger partial charge in [-0.05, 0) is 41.6 Å². The van der Waals surface area contributed by atoms with Crippen LogP contribution in [0.5, 0.6) is 5.88 Å². The molecule has 3 nitrogen and oxygen atoms in total. The van der Waals surface area contributed by atoms with Crippen LogP contribution in [0.3, 0.4) is 0 Å². The van der Waals surface area contributed by atoms with Gasteiger partial charge in [0.25, 0.3) is 0 Å². The van der Waals surface area contributed by atoms with Crippen molar-refractivity contribution in [3.63, 3.8) is 0 Å².